The number of rotatable bonds is 2. The van der Waals surface area contributed by atoms with E-state index < -0.39 is 29.4 Å². The van der Waals surface area contributed by atoms with Crippen molar-refractivity contribution in [3.63, 3.8) is 0 Å². The number of hydrogen-bond acceptors (Lipinski definition) is 4. The van der Waals surface area contributed by atoms with Crippen molar-refractivity contribution in [2.75, 3.05) is 0 Å². The molecule has 1 aliphatic heterocycles. The van der Waals surface area contributed by atoms with E-state index in [9.17, 15) is 8.76 Å². The van der Waals surface area contributed by atoms with Gasteiger partial charge in [-0.3, -0.25) is 4.21 Å². The van der Waals surface area contributed by atoms with Crippen LogP contribution in [0.1, 0.15) is 27.7 Å². The van der Waals surface area contributed by atoms with E-state index in [1.165, 1.54) is 0 Å². The Balaban J connectivity index is 0.00000180. The van der Waals surface area contributed by atoms with Crippen molar-refractivity contribution in [2.45, 2.75) is 43.8 Å². The molecule has 19 heavy (non-hydrogen) atoms. The van der Waals surface area contributed by atoms with Crippen molar-refractivity contribution in [1.29, 1.82) is 0 Å². The summed E-state index contributed by atoms with van der Waals surface area (Å²) < 4.78 is 33.3. The molecule has 0 amide bonds. The van der Waals surface area contributed by atoms with Crippen LogP contribution in [0, 0.1) is 0 Å². The molecule has 0 N–H and O–H groups in total. The molecule has 1 aromatic carbocycles. The molecule has 0 aromatic heterocycles. The molecule has 0 radical (unpaired) electrons. The summed E-state index contributed by atoms with van der Waals surface area (Å²) in [7, 11) is -0.455. The van der Waals surface area contributed by atoms with Crippen LogP contribution >= 0.6 is 0 Å². The van der Waals surface area contributed by atoms with Crippen molar-refractivity contribution >= 4 is 23.7 Å². The van der Waals surface area contributed by atoms with E-state index >= 15 is 0 Å². The van der Waals surface area contributed by atoms with Gasteiger partial charge in [-0.05, 0) is 56.4 Å². The van der Waals surface area contributed by atoms with E-state index in [2.05, 4.69) is 0 Å². The van der Waals surface area contributed by atoms with Crippen LogP contribution in [0.5, 0.6) is 0 Å². The van der Waals surface area contributed by atoms with Gasteiger partial charge in [0.05, 0.1) is 11.2 Å². The summed E-state index contributed by atoms with van der Waals surface area (Å²) in [6, 6.07) is 6.52. The molecule has 1 heterocycles. The second-order valence-corrected chi connectivity index (χ2v) is 6.33. The standard InChI is InChI=1S/C12H17BO4S.Na/c1-11(2)12(3,4)17-13(16-11)9-5-7-10(8-6-9)18(14)15;/h5-8H,1-4H3,(H,14,15);/q;+1/p-1. The predicted molar refractivity (Wildman–Crippen MR) is 69.3 cm³/mol. The molecule has 2 rings (SSSR count). The molecule has 1 aliphatic rings. The van der Waals surface area contributed by atoms with Crippen molar-refractivity contribution in [1.82, 2.24) is 0 Å². The summed E-state index contributed by atoms with van der Waals surface area (Å²) in [6.07, 6.45) is 0. The van der Waals surface area contributed by atoms with Crippen LogP contribution in [0.4, 0.5) is 0 Å². The van der Waals surface area contributed by atoms with Crippen LogP contribution in [0.15, 0.2) is 29.2 Å². The van der Waals surface area contributed by atoms with Gasteiger partial charge in [0.1, 0.15) is 0 Å². The summed E-state index contributed by atoms with van der Waals surface area (Å²) in [5, 5.41) is 0. The second-order valence-electron chi connectivity index (χ2n) is 5.39. The minimum atomic E-state index is -2.20. The molecule has 1 aromatic rings. The predicted octanol–water partition coefficient (Wildman–Crippen LogP) is -1.77. The van der Waals surface area contributed by atoms with E-state index in [1.807, 2.05) is 27.7 Å². The van der Waals surface area contributed by atoms with Gasteiger partial charge in [0.2, 0.25) is 0 Å². The molecule has 7 heteroatoms. The number of benzene rings is 1. The van der Waals surface area contributed by atoms with Crippen LogP contribution < -0.4 is 35.0 Å². The summed E-state index contributed by atoms with van der Waals surface area (Å²) >= 11 is -2.20. The van der Waals surface area contributed by atoms with Crippen LogP contribution in [0.2, 0.25) is 0 Å². The van der Waals surface area contributed by atoms with E-state index in [4.69, 9.17) is 9.31 Å². The molecule has 1 atom stereocenters. The monoisotopic (exact) mass is 290 g/mol. The van der Waals surface area contributed by atoms with Crippen molar-refractivity contribution in [3.05, 3.63) is 24.3 Å². The van der Waals surface area contributed by atoms with Crippen molar-refractivity contribution in [3.8, 4) is 0 Å². The molecule has 0 bridgehead atoms. The van der Waals surface area contributed by atoms with Gasteiger partial charge < -0.3 is 13.9 Å². The van der Waals surface area contributed by atoms with Gasteiger partial charge in [-0.2, -0.15) is 0 Å². The minimum Gasteiger partial charge on any atom is -0.768 e. The van der Waals surface area contributed by atoms with E-state index in [-0.39, 0.29) is 34.5 Å². The molecule has 1 saturated heterocycles. The molecular weight excluding hydrogens is 274 g/mol. The maximum Gasteiger partial charge on any atom is 1.00 e. The molecule has 0 saturated carbocycles. The summed E-state index contributed by atoms with van der Waals surface area (Å²) in [5.74, 6) is 0. The Morgan fingerprint density at radius 3 is 1.84 bits per heavy atom. The molecule has 98 valence electrons. The Bertz CT molecular complexity index is 459. The van der Waals surface area contributed by atoms with Gasteiger partial charge >= 0.3 is 36.7 Å². The SMILES string of the molecule is CC1(C)OB(c2ccc(S(=O)[O-])cc2)OC1(C)C.[Na+]. The fourth-order valence-electron chi connectivity index (χ4n) is 1.72. The third-order valence-corrected chi connectivity index (χ3v) is 4.26. The Labute approximate surface area is 139 Å². The second kappa shape index (κ2) is 5.97. The van der Waals surface area contributed by atoms with Gasteiger partial charge in [0, 0.05) is 4.90 Å². The third-order valence-electron chi connectivity index (χ3n) is 3.60. The van der Waals surface area contributed by atoms with E-state index in [0.717, 1.165) is 5.46 Å². The molecule has 1 fully saturated rings. The van der Waals surface area contributed by atoms with Crippen LogP contribution in [0.25, 0.3) is 0 Å². The Morgan fingerprint density at radius 2 is 1.47 bits per heavy atom. The first-order chi connectivity index (χ1) is 8.23. The van der Waals surface area contributed by atoms with Gasteiger partial charge in [0.25, 0.3) is 0 Å². The quantitative estimate of drug-likeness (QED) is 0.478. The molecule has 4 nitrogen and oxygen atoms in total. The third kappa shape index (κ3) is 3.50. The maximum absolute atomic E-state index is 10.8. The van der Waals surface area contributed by atoms with Gasteiger partial charge in [-0.1, -0.05) is 12.1 Å². The molecule has 0 spiro atoms. The van der Waals surface area contributed by atoms with E-state index in [0.29, 0.717) is 0 Å². The van der Waals surface area contributed by atoms with Crippen LogP contribution in [0.3, 0.4) is 0 Å². The fourth-order valence-corrected chi connectivity index (χ4v) is 2.07. The summed E-state index contributed by atoms with van der Waals surface area (Å²) in [5.41, 5.74) is 0.0397. The van der Waals surface area contributed by atoms with Crippen molar-refractivity contribution < 1.29 is 47.6 Å². The van der Waals surface area contributed by atoms with Crippen molar-refractivity contribution in [2.24, 2.45) is 0 Å². The molecule has 1 unspecified atom stereocenters. The average Bonchev–Trinajstić information content (AvgIpc) is 2.48. The van der Waals surface area contributed by atoms with Gasteiger partial charge in [-0.25, -0.2) is 0 Å². The Hall–Kier alpha value is 0.315. The normalized spacial score (nSPS) is 21.8. The first-order valence-corrected chi connectivity index (χ1v) is 6.85. The Morgan fingerprint density at radius 1 is 1.05 bits per heavy atom. The molecule has 0 aliphatic carbocycles. The van der Waals surface area contributed by atoms with Gasteiger partial charge in [-0.15, -0.1) is 0 Å². The maximum atomic E-state index is 10.8. The molecular formula is C12H16BNaO4S. The Kier molecular flexibility index (Phi) is 5.46. The zero-order valence-electron chi connectivity index (χ0n) is 11.9. The summed E-state index contributed by atoms with van der Waals surface area (Å²) in [4.78, 5) is 0.260. The zero-order chi connectivity index (χ0) is 13.6. The van der Waals surface area contributed by atoms with Crippen LogP contribution in [-0.4, -0.2) is 27.1 Å². The van der Waals surface area contributed by atoms with E-state index in [1.54, 1.807) is 24.3 Å². The van der Waals surface area contributed by atoms with Gasteiger partial charge in [0.15, 0.2) is 0 Å². The minimum absolute atomic E-state index is 0. The summed E-state index contributed by atoms with van der Waals surface area (Å²) in [6.45, 7) is 7.92. The van der Waals surface area contributed by atoms with Crippen LogP contribution in [-0.2, 0) is 20.4 Å². The topological polar surface area (TPSA) is 58.6 Å². The average molecular weight is 290 g/mol. The zero-order valence-corrected chi connectivity index (χ0v) is 14.7. The fraction of sp³-hybridized carbons (Fsp3) is 0.500. The first kappa shape index (κ1) is 17.4. The largest absolute Gasteiger partial charge is 1.00 e. The number of hydrogen-bond donors (Lipinski definition) is 0. The first-order valence-electron chi connectivity index (χ1n) is 5.78. The smallest absolute Gasteiger partial charge is 0.768 e.